The van der Waals surface area contributed by atoms with E-state index >= 15 is 0 Å². The first-order valence-electron chi connectivity index (χ1n) is 5.84. The van der Waals surface area contributed by atoms with Gasteiger partial charge in [-0.25, -0.2) is 0 Å². The van der Waals surface area contributed by atoms with Crippen molar-refractivity contribution >= 4 is 30.1 Å². The lowest BCUT2D eigenvalue weighted by Crippen LogP contribution is -2.43. The van der Waals surface area contributed by atoms with E-state index in [0.29, 0.717) is 11.9 Å². The van der Waals surface area contributed by atoms with Gasteiger partial charge in [-0.05, 0) is 38.1 Å². The molecule has 16 heavy (non-hydrogen) atoms. The molecule has 5 heteroatoms. The molecule has 0 radical (unpaired) electrons. The Kier molecular flexibility index (Phi) is 5.94. The molecule has 2 aliphatic rings. The predicted octanol–water partition coefficient (Wildman–Crippen LogP) is 1.37. The van der Waals surface area contributed by atoms with Crippen molar-refractivity contribution in [3.63, 3.8) is 0 Å². The van der Waals surface area contributed by atoms with Gasteiger partial charge in [0.25, 0.3) is 0 Å². The molecule has 2 aliphatic heterocycles. The Bertz CT molecular complexity index is 228. The molecule has 0 saturated carbocycles. The van der Waals surface area contributed by atoms with Gasteiger partial charge in [0.1, 0.15) is 0 Å². The Morgan fingerprint density at radius 1 is 1.31 bits per heavy atom. The van der Waals surface area contributed by atoms with Gasteiger partial charge in [0.2, 0.25) is 5.91 Å². The van der Waals surface area contributed by atoms with Crippen molar-refractivity contribution in [2.45, 2.75) is 25.3 Å². The van der Waals surface area contributed by atoms with E-state index in [9.17, 15) is 4.79 Å². The minimum absolute atomic E-state index is 0. The standard InChI is InChI=1S/C11H20N2OS.ClH/c1-13(10-4-7-15-8-10)11(14)9-2-5-12-6-3-9;/h9-10,12H,2-8H2,1H3;1H. The number of nitrogens with zero attached hydrogens (tertiary/aromatic N) is 1. The Hall–Kier alpha value is 0.0700. The molecule has 0 spiro atoms. The minimum Gasteiger partial charge on any atom is -0.342 e. The molecule has 0 bridgehead atoms. The Morgan fingerprint density at radius 2 is 2.00 bits per heavy atom. The molecule has 0 aromatic rings. The molecule has 0 aromatic carbocycles. The molecule has 1 unspecified atom stereocenters. The Morgan fingerprint density at radius 3 is 2.56 bits per heavy atom. The third-order valence-corrected chi connectivity index (χ3v) is 4.63. The Balaban J connectivity index is 0.00000128. The first-order chi connectivity index (χ1) is 7.29. The number of piperidine rings is 1. The van der Waals surface area contributed by atoms with Crippen molar-refractivity contribution in [3.05, 3.63) is 0 Å². The van der Waals surface area contributed by atoms with Gasteiger partial charge in [0, 0.05) is 24.8 Å². The van der Waals surface area contributed by atoms with Gasteiger partial charge in [0.05, 0.1) is 0 Å². The summed E-state index contributed by atoms with van der Waals surface area (Å²) in [6.07, 6.45) is 3.21. The van der Waals surface area contributed by atoms with Crippen LogP contribution < -0.4 is 5.32 Å². The second kappa shape index (κ2) is 6.72. The molecular formula is C11H21ClN2OS. The SMILES string of the molecule is CN(C(=O)C1CCNCC1)C1CCSC1.Cl. The maximum Gasteiger partial charge on any atom is 0.225 e. The third-order valence-electron chi connectivity index (χ3n) is 3.49. The van der Waals surface area contributed by atoms with E-state index in [1.165, 1.54) is 12.2 Å². The fraction of sp³-hybridized carbons (Fsp3) is 0.909. The number of hydrogen-bond acceptors (Lipinski definition) is 3. The zero-order valence-electron chi connectivity index (χ0n) is 9.78. The highest BCUT2D eigenvalue weighted by Gasteiger charge is 2.29. The van der Waals surface area contributed by atoms with Crippen LogP contribution in [0.4, 0.5) is 0 Å². The highest BCUT2D eigenvalue weighted by molar-refractivity contribution is 7.99. The number of carbonyl (C=O) groups excluding carboxylic acids is 1. The van der Waals surface area contributed by atoms with Crippen LogP contribution in [0.1, 0.15) is 19.3 Å². The first kappa shape index (κ1) is 14.1. The highest BCUT2D eigenvalue weighted by Crippen LogP contribution is 2.24. The van der Waals surface area contributed by atoms with Crippen molar-refractivity contribution in [2.75, 3.05) is 31.6 Å². The molecule has 3 nitrogen and oxygen atoms in total. The van der Waals surface area contributed by atoms with E-state index in [1.807, 2.05) is 23.7 Å². The lowest BCUT2D eigenvalue weighted by Gasteiger charge is -2.30. The lowest BCUT2D eigenvalue weighted by molar-refractivity contribution is -0.136. The minimum atomic E-state index is 0. The smallest absolute Gasteiger partial charge is 0.225 e. The number of thioether (sulfide) groups is 1. The topological polar surface area (TPSA) is 32.3 Å². The van der Waals surface area contributed by atoms with Gasteiger partial charge < -0.3 is 10.2 Å². The summed E-state index contributed by atoms with van der Waals surface area (Å²) in [6.45, 7) is 2.01. The Labute approximate surface area is 108 Å². The average molecular weight is 265 g/mol. The zero-order chi connectivity index (χ0) is 10.7. The van der Waals surface area contributed by atoms with Crippen LogP contribution in [-0.4, -0.2) is 48.5 Å². The van der Waals surface area contributed by atoms with Gasteiger partial charge >= 0.3 is 0 Å². The molecule has 0 aromatic heterocycles. The molecular weight excluding hydrogens is 244 g/mol. The highest BCUT2D eigenvalue weighted by atomic mass is 35.5. The molecule has 2 heterocycles. The first-order valence-corrected chi connectivity index (χ1v) is 6.99. The summed E-state index contributed by atoms with van der Waals surface area (Å²) in [5.74, 6) is 3.01. The van der Waals surface area contributed by atoms with Crippen LogP contribution in [0.15, 0.2) is 0 Å². The van der Waals surface area contributed by atoms with Crippen LogP contribution in [-0.2, 0) is 4.79 Å². The largest absolute Gasteiger partial charge is 0.342 e. The van der Waals surface area contributed by atoms with Gasteiger partial charge in [-0.3, -0.25) is 4.79 Å². The summed E-state index contributed by atoms with van der Waals surface area (Å²) in [5.41, 5.74) is 0. The normalized spacial score (nSPS) is 26.2. The second-order valence-corrected chi connectivity index (χ2v) is 5.64. The van der Waals surface area contributed by atoms with Crippen molar-refractivity contribution in [3.8, 4) is 0 Å². The average Bonchev–Trinajstić information content (AvgIpc) is 2.82. The van der Waals surface area contributed by atoms with Crippen LogP contribution in [0.25, 0.3) is 0 Å². The molecule has 1 N–H and O–H groups in total. The monoisotopic (exact) mass is 264 g/mol. The number of carbonyl (C=O) groups is 1. The number of hydrogen-bond donors (Lipinski definition) is 1. The summed E-state index contributed by atoms with van der Waals surface area (Å²) in [6, 6.07) is 0.498. The molecule has 94 valence electrons. The van der Waals surface area contributed by atoms with Gasteiger partial charge in [0.15, 0.2) is 0 Å². The van der Waals surface area contributed by atoms with Crippen molar-refractivity contribution < 1.29 is 4.79 Å². The maximum absolute atomic E-state index is 12.2. The number of nitrogens with one attached hydrogen (secondary N) is 1. The van der Waals surface area contributed by atoms with Gasteiger partial charge in [-0.15, -0.1) is 12.4 Å². The van der Waals surface area contributed by atoms with Crippen molar-refractivity contribution in [2.24, 2.45) is 5.92 Å². The van der Waals surface area contributed by atoms with Crippen LogP contribution in [0.2, 0.25) is 0 Å². The molecule has 0 aliphatic carbocycles. The molecule has 1 amide bonds. The van der Waals surface area contributed by atoms with E-state index < -0.39 is 0 Å². The van der Waals surface area contributed by atoms with E-state index in [-0.39, 0.29) is 18.3 Å². The molecule has 2 saturated heterocycles. The van der Waals surface area contributed by atoms with Crippen molar-refractivity contribution in [1.29, 1.82) is 0 Å². The fourth-order valence-corrected chi connectivity index (χ4v) is 3.63. The molecule has 2 fully saturated rings. The van der Waals surface area contributed by atoms with E-state index in [1.54, 1.807) is 0 Å². The predicted molar refractivity (Wildman–Crippen MR) is 71.3 cm³/mol. The maximum atomic E-state index is 12.2. The van der Waals surface area contributed by atoms with Crippen LogP contribution >= 0.6 is 24.2 Å². The van der Waals surface area contributed by atoms with Crippen LogP contribution in [0, 0.1) is 5.92 Å². The summed E-state index contributed by atoms with van der Waals surface area (Å²) in [4.78, 5) is 14.2. The van der Waals surface area contributed by atoms with Crippen LogP contribution in [0.3, 0.4) is 0 Å². The molecule has 2 rings (SSSR count). The van der Waals surface area contributed by atoms with Crippen molar-refractivity contribution in [1.82, 2.24) is 10.2 Å². The third kappa shape index (κ3) is 3.28. The lowest BCUT2D eigenvalue weighted by atomic mass is 9.96. The molecule has 1 atom stereocenters. The summed E-state index contributed by atoms with van der Waals surface area (Å²) >= 11 is 1.97. The summed E-state index contributed by atoms with van der Waals surface area (Å²) < 4.78 is 0. The van der Waals surface area contributed by atoms with E-state index in [0.717, 1.165) is 31.7 Å². The fourth-order valence-electron chi connectivity index (χ4n) is 2.36. The summed E-state index contributed by atoms with van der Waals surface area (Å²) in [7, 11) is 1.99. The number of halogens is 1. The van der Waals surface area contributed by atoms with Crippen LogP contribution in [0.5, 0.6) is 0 Å². The summed E-state index contributed by atoms with van der Waals surface area (Å²) in [5, 5.41) is 3.30. The zero-order valence-corrected chi connectivity index (χ0v) is 11.4. The van der Waals surface area contributed by atoms with Gasteiger partial charge in [-0.1, -0.05) is 0 Å². The van der Waals surface area contributed by atoms with Gasteiger partial charge in [-0.2, -0.15) is 11.8 Å². The van der Waals surface area contributed by atoms with E-state index in [2.05, 4.69) is 5.32 Å². The number of rotatable bonds is 2. The second-order valence-electron chi connectivity index (χ2n) is 4.49. The van der Waals surface area contributed by atoms with E-state index in [4.69, 9.17) is 0 Å². The number of amides is 1. The quantitative estimate of drug-likeness (QED) is 0.818.